The summed E-state index contributed by atoms with van der Waals surface area (Å²) < 4.78 is 0. The Morgan fingerprint density at radius 1 is 1.45 bits per heavy atom. The van der Waals surface area contributed by atoms with Gasteiger partial charge in [-0.3, -0.25) is 9.59 Å². The zero-order chi connectivity index (χ0) is 14.9. The van der Waals surface area contributed by atoms with Gasteiger partial charge in [0.05, 0.1) is 16.1 Å². The lowest BCUT2D eigenvalue weighted by atomic mass is 10.2. The van der Waals surface area contributed by atoms with Crippen molar-refractivity contribution in [2.75, 3.05) is 30.8 Å². The Morgan fingerprint density at radius 3 is 2.55 bits per heavy atom. The standard InChI is InChI=1S/C14H21N3O2S/c1-4-17(7-9-5-6-9)14-10(13(19)16-3)11(15)12(20-14)8(2)18/h9H,4-7,15H2,1-3H3,(H,16,19). The number of hydrogen-bond donors (Lipinski definition) is 2. The number of carbonyl (C=O) groups excluding carboxylic acids is 2. The predicted octanol–water partition coefficient (Wildman–Crippen LogP) is 2.13. The van der Waals surface area contributed by atoms with E-state index in [1.165, 1.54) is 31.1 Å². The molecule has 20 heavy (non-hydrogen) atoms. The number of nitrogens with two attached hydrogens (primary N) is 1. The molecule has 5 nitrogen and oxygen atoms in total. The van der Waals surface area contributed by atoms with Gasteiger partial charge in [0.1, 0.15) is 5.00 Å². The molecule has 110 valence electrons. The van der Waals surface area contributed by atoms with Crippen LogP contribution in [0.2, 0.25) is 0 Å². The minimum atomic E-state index is -0.226. The van der Waals surface area contributed by atoms with Gasteiger partial charge in [-0.15, -0.1) is 11.3 Å². The maximum absolute atomic E-state index is 12.1. The summed E-state index contributed by atoms with van der Waals surface area (Å²) in [6.07, 6.45) is 2.48. The minimum absolute atomic E-state index is 0.0913. The van der Waals surface area contributed by atoms with Gasteiger partial charge in [0, 0.05) is 27.1 Å². The third-order valence-electron chi connectivity index (χ3n) is 3.54. The number of hydrogen-bond acceptors (Lipinski definition) is 5. The van der Waals surface area contributed by atoms with Crippen molar-refractivity contribution >= 4 is 33.7 Å². The predicted molar refractivity (Wildman–Crippen MR) is 82.7 cm³/mol. The molecule has 1 aliphatic carbocycles. The molecule has 1 aliphatic rings. The fraction of sp³-hybridized carbons (Fsp3) is 0.571. The molecule has 0 aromatic carbocycles. The van der Waals surface area contributed by atoms with E-state index in [0.29, 0.717) is 22.0 Å². The number of nitrogen functional groups attached to an aromatic ring is 1. The number of Topliss-reactive ketones (excluding diaryl/α,β-unsaturated/α-hetero) is 1. The first kappa shape index (κ1) is 14.8. The third kappa shape index (κ3) is 2.80. The lowest BCUT2D eigenvalue weighted by Gasteiger charge is -2.22. The molecule has 1 fully saturated rings. The zero-order valence-corrected chi connectivity index (χ0v) is 13.0. The number of rotatable bonds is 6. The van der Waals surface area contributed by atoms with Gasteiger partial charge in [-0.2, -0.15) is 0 Å². The van der Waals surface area contributed by atoms with Gasteiger partial charge in [-0.25, -0.2) is 0 Å². The van der Waals surface area contributed by atoms with Crippen molar-refractivity contribution in [3.05, 3.63) is 10.4 Å². The van der Waals surface area contributed by atoms with Crippen LogP contribution in [0.15, 0.2) is 0 Å². The maximum Gasteiger partial charge on any atom is 0.256 e. The maximum atomic E-state index is 12.1. The monoisotopic (exact) mass is 295 g/mol. The summed E-state index contributed by atoms with van der Waals surface area (Å²) in [5.41, 5.74) is 6.78. The van der Waals surface area contributed by atoms with Crippen molar-refractivity contribution < 1.29 is 9.59 Å². The van der Waals surface area contributed by atoms with E-state index in [1.54, 1.807) is 7.05 Å². The molecule has 0 radical (unpaired) electrons. The Balaban J connectivity index is 2.45. The van der Waals surface area contributed by atoms with Gasteiger partial charge < -0.3 is 16.0 Å². The third-order valence-corrected chi connectivity index (χ3v) is 4.91. The number of ketones is 1. The van der Waals surface area contributed by atoms with E-state index in [2.05, 4.69) is 17.1 Å². The van der Waals surface area contributed by atoms with Crippen LogP contribution in [0.4, 0.5) is 10.7 Å². The highest BCUT2D eigenvalue weighted by atomic mass is 32.1. The summed E-state index contributed by atoms with van der Waals surface area (Å²) in [7, 11) is 1.58. The van der Waals surface area contributed by atoms with Gasteiger partial charge in [-0.05, 0) is 25.7 Å². The fourth-order valence-corrected chi connectivity index (χ4v) is 3.41. The highest BCUT2D eigenvalue weighted by molar-refractivity contribution is 7.19. The summed E-state index contributed by atoms with van der Waals surface area (Å²) >= 11 is 1.33. The van der Waals surface area contributed by atoms with Crippen molar-refractivity contribution in [1.82, 2.24) is 5.32 Å². The SMILES string of the molecule is CCN(CC1CC1)c1sc(C(C)=O)c(N)c1C(=O)NC. The van der Waals surface area contributed by atoms with Crippen LogP contribution in [0, 0.1) is 5.92 Å². The molecule has 0 saturated heterocycles. The molecule has 1 saturated carbocycles. The Bertz CT molecular complexity index is 535. The number of thiophene rings is 1. The molecule has 0 aliphatic heterocycles. The van der Waals surface area contributed by atoms with Crippen LogP contribution in [0.25, 0.3) is 0 Å². The van der Waals surface area contributed by atoms with E-state index in [-0.39, 0.29) is 11.7 Å². The van der Waals surface area contributed by atoms with Gasteiger partial charge in [0.15, 0.2) is 5.78 Å². The lowest BCUT2D eigenvalue weighted by molar-refractivity contribution is 0.0964. The molecule has 1 aromatic rings. The molecule has 0 bridgehead atoms. The average Bonchev–Trinajstić information content (AvgIpc) is 3.17. The van der Waals surface area contributed by atoms with Crippen molar-refractivity contribution in [2.24, 2.45) is 5.92 Å². The summed E-state index contributed by atoms with van der Waals surface area (Å²) in [5, 5.41) is 3.43. The molecule has 1 aromatic heterocycles. The highest BCUT2D eigenvalue weighted by Crippen LogP contribution is 2.40. The van der Waals surface area contributed by atoms with Crippen LogP contribution in [-0.4, -0.2) is 31.8 Å². The van der Waals surface area contributed by atoms with Crippen LogP contribution >= 0.6 is 11.3 Å². The average molecular weight is 295 g/mol. The van der Waals surface area contributed by atoms with Crippen molar-refractivity contribution in [3.63, 3.8) is 0 Å². The van der Waals surface area contributed by atoms with Gasteiger partial charge in [-0.1, -0.05) is 0 Å². The summed E-state index contributed by atoms with van der Waals surface area (Å²) in [4.78, 5) is 26.4. The van der Waals surface area contributed by atoms with E-state index in [9.17, 15) is 9.59 Å². The Hall–Kier alpha value is -1.56. The molecular weight excluding hydrogens is 274 g/mol. The molecule has 1 heterocycles. The van der Waals surface area contributed by atoms with Crippen LogP contribution in [0.5, 0.6) is 0 Å². The van der Waals surface area contributed by atoms with Crippen molar-refractivity contribution in [3.8, 4) is 0 Å². The lowest BCUT2D eigenvalue weighted by Crippen LogP contribution is -2.28. The minimum Gasteiger partial charge on any atom is -0.397 e. The van der Waals surface area contributed by atoms with E-state index in [0.717, 1.165) is 18.1 Å². The largest absolute Gasteiger partial charge is 0.397 e. The van der Waals surface area contributed by atoms with Crippen LogP contribution in [0.3, 0.4) is 0 Å². The summed E-state index contributed by atoms with van der Waals surface area (Å²) in [6.45, 7) is 5.27. The van der Waals surface area contributed by atoms with E-state index in [1.807, 2.05) is 0 Å². The molecule has 0 spiro atoms. The number of anilines is 2. The first-order valence-electron chi connectivity index (χ1n) is 6.89. The summed E-state index contributed by atoms with van der Waals surface area (Å²) in [5.74, 6) is 0.387. The number of nitrogens with one attached hydrogen (secondary N) is 1. The van der Waals surface area contributed by atoms with Gasteiger partial charge in [0.2, 0.25) is 0 Å². The summed E-state index contributed by atoms with van der Waals surface area (Å²) in [6, 6.07) is 0. The molecule has 0 atom stereocenters. The molecule has 2 rings (SSSR count). The topological polar surface area (TPSA) is 75.4 Å². The molecule has 3 N–H and O–H groups in total. The van der Waals surface area contributed by atoms with Gasteiger partial charge >= 0.3 is 0 Å². The van der Waals surface area contributed by atoms with Crippen molar-refractivity contribution in [2.45, 2.75) is 26.7 Å². The van der Waals surface area contributed by atoms with Crippen LogP contribution < -0.4 is 16.0 Å². The second-order valence-corrected chi connectivity index (χ2v) is 6.14. The number of nitrogens with zero attached hydrogens (tertiary/aromatic N) is 1. The van der Waals surface area contributed by atoms with Gasteiger partial charge in [0.25, 0.3) is 5.91 Å². The normalized spacial score (nSPS) is 14.2. The number of amides is 1. The number of carbonyl (C=O) groups is 2. The second-order valence-electron chi connectivity index (χ2n) is 5.14. The van der Waals surface area contributed by atoms with Crippen LogP contribution in [0.1, 0.15) is 46.7 Å². The van der Waals surface area contributed by atoms with E-state index >= 15 is 0 Å². The first-order valence-corrected chi connectivity index (χ1v) is 7.71. The van der Waals surface area contributed by atoms with Crippen LogP contribution in [-0.2, 0) is 0 Å². The van der Waals surface area contributed by atoms with E-state index in [4.69, 9.17) is 5.73 Å². The van der Waals surface area contributed by atoms with E-state index < -0.39 is 0 Å². The Kier molecular flexibility index (Phi) is 4.32. The van der Waals surface area contributed by atoms with Crippen molar-refractivity contribution in [1.29, 1.82) is 0 Å². The molecular formula is C14H21N3O2S. The Morgan fingerprint density at radius 2 is 2.10 bits per heavy atom. The molecule has 6 heteroatoms. The quantitative estimate of drug-likeness (QED) is 0.788. The smallest absolute Gasteiger partial charge is 0.256 e. The zero-order valence-electron chi connectivity index (χ0n) is 12.2. The highest BCUT2D eigenvalue weighted by Gasteiger charge is 2.30. The first-order chi connectivity index (χ1) is 9.49. The Labute approximate surface area is 123 Å². The molecule has 0 unspecified atom stereocenters. The second kappa shape index (κ2) is 5.83. The molecule has 1 amide bonds. The fourth-order valence-electron chi connectivity index (χ4n) is 2.23.